The van der Waals surface area contributed by atoms with Crippen molar-refractivity contribution in [2.75, 3.05) is 11.9 Å². The van der Waals surface area contributed by atoms with E-state index < -0.39 is 11.6 Å². The number of anilines is 1. The molecule has 24 heavy (non-hydrogen) atoms. The Balaban J connectivity index is 2.51. The Bertz CT molecular complexity index is 620. The molecule has 10 heteroatoms. The van der Waals surface area contributed by atoms with Gasteiger partial charge in [-0.05, 0) is 27.2 Å². The summed E-state index contributed by atoms with van der Waals surface area (Å²) in [5, 5.41) is 16.7. The molecule has 1 amide bonds. The number of carbonyl (C=O) groups excluding carboxylic acids is 2. The number of carboxylic acids is 1. The number of nitrogens with one attached hydrogen (secondary N) is 1. The highest BCUT2D eigenvalue weighted by Crippen LogP contribution is 2.15. The number of amides is 1. The molecule has 0 unspecified atom stereocenters. The van der Waals surface area contributed by atoms with Crippen molar-refractivity contribution in [2.24, 2.45) is 5.16 Å². The third kappa shape index (κ3) is 7.18. The molecule has 0 fully saturated rings. The lowest BCUT2D eigenvalue weighted by Gasteiger charge is -2.19. The van der Waals surface area contributed by atoms with Crippen LogP contribution in [-0.2, 0) is 24.0 Å². The zero-order valence-electron chi connectivity index (χ0n) is 13.6. The third-order valence-corrected chi connectivity index (χ3v) is 3.10. The molecule has 0 atom stereocenters. The largest absolute Gasteiger partial charge is 0.476 e. The van der Waals surface area contributed by atoms with Crippen molar-refractivity contribution < 1.29 is 29.1 Å². The molecule has 0 aromatic carbocycles. The first-order chi connectivity index (χ1) is 11.2. The van der Waals surface area contributed by atoms with E-state index in [0.29, 0.717) is 12.8 Å². The number of aliphatic carboxylic acids is 1. The van der Waals surface area contributed by atoms with Gasteiger partial charge in [0.15, 0.2) is 5.13 Å². The first-order valence-corrected chi connectivity index (χ1v) is 7.92. The minimum absolute atomic E-state index is 0.0552. The van der Waals surface area contributed by atoms with Gasteiger partial charge in [0.2, 0.25) is 12.1 Å². The Morgan fingerprint density at radius 3 is 2.75 bits per heavy atom. The van der Waals surface area contributed by atoms with Crippen molar-refractivity contribution in [1.82, 2.24) is 4.98 Å². The van der Waals surface area contributed by atoms with Crippen LogP contribution < -0.4 is 5.32 Å². The molecular formula is C14H19N3O6S. The number of aromatic nitrogens is 1. The van der Waals surface area contributed by atoms with Gasteiger partial charge in [-0.1, -0.05) is 5.16 Å². The normalized spacial score (nSPS) is 11.7. The van der Waals surface area contributed by atoms with Gasteiger partial charge in [-0.15, -0.1) is 11.3 Å². The van der Waals surface area contributed by atoms with Crippen LogP contribution in [0.4, 0.5) is 5.13 Å². The van der Waals surface area contributed by atoms with Crippen molar-refractivity contribution in [3.8, 4) is 0 Å². The number of ether oxygens (including phenoxy) is 1. The van der Waals surface area contributed by atoms with Crippen LogP contribution in [0.3, 0.4) is 0 Å². The van der Waals surface area contributed by atoms with Crippen LogP contribution in [0.15, 0.2) is 10.5 Å². The van der Waals surface area contributed by atoms with Crippen LogP contribution in [0.2, 0.25) is 0 Å². The summed E-state index contributed by atoms with van der Waals surface area (Å²) >= 11 is 1.06. The first-order valence-electron chi connectivity index (χ1n) is 7.04. The van der Waals surface area contributed by atoms with Gasteiger partial charge in [0.25, 0.3) is 0 Å². The molecule has 0 aliphatic heterocycles. The van der Waals surface area contributed by atoms with Gasteiger partial charge in [-0.3, -0.25) is 9.59 Å². The lowest BCUT2D eigenvalue weighted by molar-refractivity contribution is -0.155. The lowest BCUT2D eigenvalue weighted by Crippen LogP contribution is -2.23. The van der Waals surface area contributed by atoms with Crippen molar-refractivity contribution in [3.05, 3.63) is 11.1 Å². The van der Waals surface area contributed by atoms with E-state index >= 15 is 0 Å². The number of thiazole rings is 1. The molecule has 1 aromatic heterocycles. The Hall–Kier alpha value is -2.49. The quantitative estimate of drug-likeness (QED) is 0.226. The summed E-state index contributed by atoms with van der Waals surface area (Å²) < 4.78 is 5.13. The minimum atomic E-state index is -1.31. The number of rotatable bonds is 9. The number of hydrogen-bond acceptors (Lipinski definition) is 8. The van der Waals surface area contributed by atoms with E-state index in [4.69, 9.17) is 14.7 Å². The predicted octanol–water partition coefficient (Wildman–Crippen LogP) is 1.64. The minimum Gasteiger partial charge on any atom is -0.476 e. The highest BCUT2D eigenvalue weighted by molar-refractivity contribution is 7.14. The zero-order chi connectivity index (χ0) is 18.2. The van der Waals surface area contributed by atoms with E-state index in [2.05, 4.69) is 15.5 Å². The number of hydrogen-bond donors (Lipinski definition) is 2. The molecule has 0 bridgehead atoms. The van der Waals surface area contributed by atoms with Gasteiger partial charge in [0, 0.05) is 11.8 Å². The molecule has 0 saturated heterocycles. The molecule has 0 radical (unpaired) electrons. The fourth-order valence-electron chi connectivity index (χ4n) is 1.48. The number of nitrogens with zero attached hydrogens (tertiary/aromatic N) is 2. The number of esters is 1. The Morgan fingerprint density at radius 1 is 1.46 bits per heavy atom. The third-order valence-electron chi connectivity index (χ3n) is 2.32. The molecule has 2 N–H and O–H groups in total. The molecule has 1 aromatic rings. The van der Waals surface area contributed by atoms with E-state index in [0.717, 1.165) is 11.3 Å². The second-order valence-electron chi connectivity index (χ2n) is 5.57. The lowest BCUT2D eigenvalue weighted by atomic mass is 10.2. The zero-order valence-corrected chi connectivity index (χ0v) is 14.4. The molecule has 0 spiro atoms. The van der Waals surface area contributed by atoms with Crippen LogP contribution in [0.1, 0.15) is 39.3 Å². The Morgan fingerprint density at radius 2 is 2.17 bits per heavy atom. The summed E-state index contributed by atoms with van der Waals surface area (Å²) in [4.78, 5) is 41.8. The average molecular weight is 357 g/mol. The van der Waals surface area contributed by atoms with E-state index in [9.17, 15) is 14.4 Å². The molecule has 132 valence electrons. The molecule has 0 saturated carbocycles. The SMILES string of the molecule is CC(C)(C)OC(=O)CCCON=C(C(=O)O)c1csc(NC=O)n1. The van der Waals surface area contributed by atoms with Crippen molar-refractivity contribution in [2.45, 2.75) is 39.2 Å². The van der Waals surface area contributed by atoms with Gasteiger partial charge in [0.1, 0.15) is 17.9 Å². The second-order valence-corrected chi connectivity index (χ2v) is 6.43. The Labute approximate surface area is 142 Å². The molecule has 1 heterocycles. The summed E-state index contributed by atoms with van der Waals surface area (Å²) in [5.74, 6) is -1.68. The molecule has 0 aliphatic rings. The highest BCUT2D eigenvalue weighted by atomic mass is 32.1. The topological polar surface area (TPSA) is 127 Å². The summed E-state index contributed by atoms with van der Waals surface area (Å²) in [6, 6.07) is 0. The molecule has 0 aliphatic carbocycles. The van der Waals surface area contributed by atoms with Crippen LogP contribution in [0.5, 0.6) is 0 Å². The van der Waals surface area contributed by atoms with Gasteiger partial charge in [0.05, 0.1) is 0 Å². The van der Waals surface area contributed by atoms with E-state index in [1.165, 1.54) is 5.38 Å². The molecule has 1 rings (SSSR count). The van der Waals surface area contributed by atoms with E-state index in [-0.39, 0.29) is 35.5 Å². The monoisotopic (exact) mass is 357 g/mol. The summed E-state index contributed by atoms with van der Waals surface area (Å²) in [5.41, 5.74) is -0.865. The van der Waals surface area contributed by atoms with E-state index in [1.807, 2.05) is 0 Å². The molecular weight excluding hydrogens is 338 g/mol. The van der Waals surface area contributed by atoms with Crippen molar-refractivity contribution in [1.29, 1.82) is 0 Å². The number of carboxylic acid groups (broad SMARTS) is 1. The van der Waals surface area contributed by atoms with Gasteiger partial charge in [-0.25, -0.2) is 9.78 Å². The number of oxime groups is 1. The summed E-state index contributed by atoms with van der Waals surface area (Å²) in [6.45, 7) is 5.37. The van der Waals surface area contributed by atoms with Gasteiger partial charge >= 0.3 is 11.9 Å². The summed E-state index contributed by atoms with van der Waals surface area (Å²) in [6.07, 6.45) is 0.910. The molecule has 9 nitrogen and oxygen atoms in total. The fourth-order valence-corrected chi connectivity index (χ4v) is 2.13. The van der Waals surface area contributed by atoms with Crippen LogP contribution in [0, 0.1) is 0 Å². The van der Waals surface area contributed by atoms with Gasteiger partial charge < -0.3 is 20.0 Å². The van der Waals surface area contributed by atoms with E-state index in [1.54, 1.807) is 20.8 Å². The van der Waals surface area contributed by atoms with Crippen molar-refractivity contribution >= 4 is 40.5 Å². The van der Waals surface area contributed by atoms with Crippen LogP contribution in [0.25, 0.3) is 0 Å². The van der Waals surface area contributed by atoms with Crippen molar-refractivity contribution in [3.63, 3.8) is 0 Å². The maximum Gasteiger partial charge on any atom is 0.360 e. The Kier molecular flexibility index (Phi) is 7.31. The summed E-state index contributed by atoms with van der Waals surface area (Å²) in [7, 11) is 0. The average Bonchev–Trinajstić information content (AvgIpc) is 2.89. The maximum atomic E-state index is 11.5. The first kappa shape index (κ1) is 19.6. The van der Waals surface area contributed by atoms with Crippen LogP contribution in [-0.4, -0.2) is 46.4 Å². The second kappa shape index (κ2) is 8.96. The standard InChI is InChI=1S/C14H19N3O6S/c1-14(2,3)23-10(19)5-4-6-22-17-11(12(20)21)9-7-24-13(16-9)15-8-18/h7-8H,4-6H2,1-3H3,(H,20,21)(H,15,16,18). The van der Waals surface area contributed by atoms with Gasteiger partial charge in [-0.2, -0.15) is 0 Å². The fraction of sp³-hybridized carbons (Fsp3) is 0.500. The predicted molar refractivity (Wildman–Crippen MR) is 87.0 cm³/mol. The number of carbonyl (C=O) groups is 3. The smallest absolute Gasteiger partial charge is 0.360 e. The highest BCUT2D eigenvalue weighted by Gasteiger charge is 2.18. The maximum absolute atomic E-state index is 11.5. The van der Waals surface area contributed by atoms with Crippen LogP contribution >= 0.6 is 11.3 Å².